The molecule has 0 aliphatic carbocycles. The van der Waals surface area contributed by atoms with Crippen molar-refractivity contribution in [2.24, 2.45) is 0 Å². The summed E-state index contributed by atoms with van der Waals surface area (Å²) in [7, 11) is 0. The maximum atomic E-state index is 0. The molecule has 0 amide bonds. The standard InChI is InChI=1S/Cd.2HI.Mn/h;2*1H;. The fourth-order valence-corrected chi connectivity index (χ4v) is 0. The molecule has 0 aromatic carbocycles. The van der Waals surface area contributed by atoms with Crippen molar-refractivity contribution in [2.45, 2.75) is 0 Å². The molecule has 0 spiro atoms. The summed E-state index contributed by atoms with van der Waals surface area (Å²) in [5, 5.41) is 0. The van der Waals surface area contributed by atoms with Gasteiger partial charge in [-0.25, -0.2) is 0 Å². The third-order valence-electron chi connectivity index (χ3n) is 0. The molecule has 0 bridgehead atoms. The van der Waals surface area contributed by atoms with Crippen LogP contribution >= 0.6 is 48.0 Å². The molecule has 0 aromatic heterocycles. The van der Waals surface area contributed by atoms with Crippen molar-refractivity contribution in [3.8, 4) is 0 Å². The first-order chi connectivity index (χ1) is 0. The Morgan fingerprint density at radius 2 is 0.750 bits per heavy atom. The molecule has 0 saturated heterocycles. The minimum Gasteiger partial charge on any atom is -0.107 e. The van der Waals surface area contributed by atoms with Crippen molar-refractivity contribution >= 4 is 48.0 Å². The van der Waals surface area contributed by atoms with Crippen LogP contribution in [0.4, 0.5) is 0 Å². The first-order valence-electron chi connectivity index (χ1n) is 0. The molecule has 0 aliphatic heterocycles. The van der Waals surface area contributed by atoms with Crippen molar-refractivity contribution in [2.75, 3.05) is 0 Å². The van der Waals surface area contributed by atoms with Gasteiger partial charge in [0.2, 0.25) is 0 Å². The summed E-state index contributed by atoms with van der Waals surface area (Å²) in [6.07, 6.45) is 0. The third kappa shape index (κ3) is 8.86. The normalized spacial score (nSPS) is 0. The molecule has 1 radical (unpaired) electrons. The van der Waals surface area contributed by atoms with Gasteiger partial charge < -0.3 is 0 Å². The number of rotatable bonds is 0. The summed E-state index contributed by atoms with van der Waals surface area (Å²) in [6, 6.07) is 0. The molecule has 0 fully saturated rings. The van der Waals surface area contributed by atoms with Crippen molar-refractivity contribution in [3.63, 3.8) is 0 Å². The number of hydrogen-bond donors (Lipinski definition) is 0. The van der Waals surface area contributed by atoms with Gasteiger partial charge in [-0.15, -0.1) is 48.0 Å². The second kappa shape index (κ2) is 16.8. The van der Waals surface area contributed by atoms with Gasteiger partial charge in [-0.2, -0.15) is 0 Å². The van der Waals surface area contributed by atoms with E-state index in [9.17, 15) is 0 Å². The summed E-state index contributed by atoms with van der Waals surface area (Å²) < 4.78 is 0. The Labute approximate surface area is 90.5 Å². The second-order valence-corrected chi connectivity index (χ2v) is 0. The van der Waals surface area contributed by atoms with E-state index in [-0.39, 0.29) is 92.3 Å². The first kappa shape index (κ1) is 28.6. The second-order valence-electron chi connectivity index (χ2n) is 0. The summed E-state index contributed by atoms with van der Waals surface area (Å²) >= 11 is 0. The monoisotopic (exact) mass is 425 g/mol. The quantitative estimate of drug-likeness (QED) is 0.407. The average molecular weight is 423 g/mol. The van der Waals surface area contributed by atoms with E-state index in [0.29, 0.717) is 0 Å². The van der Waals surface area contributed by atoms with Crippen LogP contribution in [0.15, 0.2) is 0 Å². The Hall–Kier alpha value is 2.90. The van der Waals surface area contributed by atoms with E-state index in [1.807, 2.05) is 0 Å². The molecule has 0 aromatic rings. The summed E-state index contributed by atoms with van der Waals surface area (Å²) in [5.41, 5.74) is 0. The minimum absolute atomic E-state index is 0. The van der Waals surface area contributed by atoms with Crippen molar-refractivity contribution < 1.29 is 44.4 Å². The van der Waals surface area contributed by atoms with E-state index >= 15 is 0 Å². The van der Waals surface area contributed by atoms with Gasteiger partial charge in [-0.1, -0.05) is 0 Å². The van der Waals surface area contributed by atoms with Gasteiger partial charge in [-0.3, -0.25) is 0 Å². The Balaban J connectivity index is 0. The predicted molar refractivity (Wildman–Crippen MR) is 30.8 cm³/mol. The molecule has 0 N–H and O–H groups in total. The number of hydrogen-bond acceptors (Lipinski definition) is 0. The van der Waals surface area contributed by atoms with Crippen LogP contribution in [0.25, 0.3) is 0 Å². The molecule has 4 heavy (non-hydrogen) atoms. The fraction of sp³-hybridized carbons (Fsp3) is 0. The zero-order valence-corrected chi connectivity index (χ0v) is 11.8. The van der Waals surface area contributed by atoms with Crippen LogP contribution in [0.3, 0.4) is 0 Å². The fourth-order valence-electron chi connectivity index (χ4n) is 0. The van der Waals surface area contributed by atoms with Gasteiger partial charge in [0.1, 0.15) is 0 Å². The van der Waals surface area contributed by atoms with Crippen molar-refractivity contribution in [1.29, 1.82) is 0 Å². The van der Waals surface area contributed by atoms with Gasteiger partial charge in [0, 0.05) is 44.4 Å². The minimum atomic E-state index is 0. The van der Waals surface area contributed by atoms with Crippen LogP contribution in [0.1, 0.15) is 0 Å². The Morgan fingerprint density at radius 3 is 0.750 bits per heavy atom. The zero-order valence-electron chi connectivity index (χ0n) is 1.90. The van der Waals surface area contributed by atoms with Crippen LogP contribution in [0.2, 0.25) is 0 Å². The van der Waals surface area contributed by atoms with Crippen molar-refractivity contribution in [3.05, 3.63) is 0 Å². The average Bonchev–Trinajstić information content (AvgIpc) is 0. The SMILES string of the molecule is I.I.[Cd].[Mn]. The molecule has 0 rings (SSSR count). The summed E-state index contributed by atoms with van der Waals surface area (Å²) in [5.74, 6) is 0. The van der Waals surface area contributed by atoms with Crippen LogP contribution in [0, 0.1) is 0 Å². The Kier molecular flexibility index (Phi) is 120. The van der Waals surface area contributed by atoms with E-state index in [1.54, 1.807) is 0 Å². The largest absolute Gasteiger partial charge is 0.107 e. The number of halogens is 2. The third-order valence-corrected chi connectivity index (χ3v) is 0. The van der Waals surface area contributed by atoms with Gasteiger partial charge in [-0.05, 0) is 0 Å². The van der Waals surface area contributed by atoms with Crippen LogP contribution in [0.5, 0.6) is 0 Å². The van der Waals surface area contributed by atoms with Crippen LogP contribution < -0.4 is 0 Å². The smallest absolute Gasteiger partial charge is 0 e. The van der Waals surface area contributed by atoms with Gasteiger partial charge in [0.25, 0.3) is 0 Å². The predicted octanol–water partition coefficient (Wildman–Crippen LogP) is 1.23. The maximum Gasteiger partial charge on any atom is 0 e. The van der Waals surface area contributed by atoms with E-state index in [0.717, 1.165) is 0 Å². The van der Waals surface area contributed by atoms with Crippen LogP contribution in [-0.4, -0.2) is 0 Å². The first-order valence-corrected chi connectivity index (χ1v) is 0. The zero-order chi connectivity index (χ0) is 0. The van der Waals surface area contributed by atoms with E-state index in [1.165, 1.54) is 0 Å². The van der Waals surface area contributed by atoms with E-state index < -0.39 is 0 Å². The molecular formula is H2CdI2Mn. The van der Waals surface area contributed by atoms with Gasteiger partial charge >= 0.3 is 0 Å². The Morgan fingerprint density at radius 1 is 0.750 bits per heavy atom. The molecule has 0 atom stereocenters. The molecule has 4 heteroatoms. The van der Waals surface area contributed by atoms with E-state index in [4.69, 9.17) is 0 Å². The molecular weight excluding hydrogens is 421 g/mol. The summed E-state index contributed by atoms with van der Waals surface area (Å²) in [6.45, 7) is 0. The molecule has 0 saturated carbocycles. The van der Waals surface area contributed by atoms with Crippen LogP contribution in [-0.2, 0) is 44.4 Å². The Bertz CT molecular complexity index is 6.00. The molecule has 0 unspecified atom stereocenters. The molecule has 25 valence electrons. The molecule has 0 aliphatic rings. The van der Waals surface area contributed by atoms with E-state index in [2.05, 4.69) is 0 Å². The maximum absolute atomic E-state index is 0. The molecule has 0 heterocycles. The van der Waals surface area contributed by atoms with Crippen molar-refractivity contribution in [1.82, 2.24) is 0 Å². The van der Waals surface area contributed by atoms with Gasteiger partial charge in [0.15, 0.2) is 0 Å². The van der Waals surface area contributed by atoms with Gasteiger partial charge in [0.05, 0.1) is 0 Å². The topological polar surface area (TPSA) is 0 Å². The summed E-state index contributed by atoms with van der Waals surface area (Å²) in [4.78, 5) is 0. The molecule has 0 nitrogen and oxygen atoms in total.